The number of nitrogen functional groups attached to an aromatic ring is 1. The second kappa shape index (κ2) is 5.15. The van der Waals surface area contributed by atoms with E-state index in [0.29, 0.717) is 18.8 Å². The molecule has 0 aromatic carbocycles. The van der Waals surface area contributed by atoms with Crippen molar-refractivity contribution in [1.29, 1.82) is 0 Å². The molecule has 0 unspecified atom stereocenters. The molecule has 0 fully saturated rings. The molecule has 6 N–H and O–H groups in total. The Hall–Kier alpha value is -1.60. The van der Waals surface area contributed by atoms with Crippen LogP contribution in [0.15, 0.2) is 6.20 Å². The molecule has 0 radical (unpaired) electrons. The molecular weight excluding hydrogens is 222 g/mol. The van der Waals surface area contributed by atoms with Crippen molar-refractivity contribution < 1.29 is 9.90 Å². The summed E-state index contributed by atoms with van der Waals surface area (Å²) in [5, 5.41) is 15.5. The highest BCUT2D eigenvalue weighted by Gasteiger charge is 2.23. The van der Waals surface area contributed by atoms with Crippen molar-refractivity contribution >= 4 is 11.7 Å². The normalized spacial score (nSPS) is 11.7. The van der Waals surface area contributed by atoms with Gasteiger partial charge < -0.3 is 21.9 Å². The van der Waals surface area contributed by atoms with Gasteiger partial charge in [0.25, 0.3) is 0 Å². The Morgan fingerprint density at radius 2 is 2.29 bits per heavy atom. The number of carbonyl (C=O) groups is 1. The van der Waals surface area contributed by atoms with E-state index in [0.717, 1.165) is 5.69 Å². The van der Waals surface area contributed by atoms with Crippen molar-refractivity contribution in [2.45, 2.75) is 25.9 Å². The van der Waals surface area contributed by atoms with Crippen molar-refractivity contribution in [3.63, 3.8) is 0 Å². The number of rotatable bonds is 6. The van der Waals surface area contributed by atoms with Gasteiger partial charge in [0.1, 0.15) is 0 Å². The number of hydrogen-bond donors (Lipinski definition) is 4. The third kappa shape index (κ3) is 3.18. The summed E-state index contributed by atoms with van der Waals surface area (Å²) in [4.78, 5) is 10.4. The maximum Gasteiger partial charge on any atom is 0.317 e. The van der Waals surface area contributed by atoms with Crippen molar-refractivity contribution in [2.75, 3.05) is 18.8 Å². The molecule has 1 aromatic heterocycles. The maximum atomic E-state index is 10.4. The van der Waals surface area contributed by atoms with Crippen molar-refractivity contribution in [1.82, 2.24) is 15.1 Å². The van der Waals surface area contributed by atoms with Crippen molar-refractivity contribution in [3.05, 3.63) is 11.9 Å². The lowest BCUT2D eigenvalue weighted by molar-refractivity contribution is -0.136. The molecule has 0 bridgehead atoms. The summed E-state index contributed by atoms with van der Waals surface area (Å²) < 4.78 is 1.73. The Balaban J connectivity index is 2.83. The standard InChI is InChI=1S/C10H19N5O2/c1-10(2,6-11)15-8(7(12)3-14-15)4-13-5-9(16)17/h3,13H,4-6,11-12H2,1-2H3,(H,16,17). The molecule has 0 saturated carbocycles. The summed E-state index contributed by atoms with van der Waals surface area (Å²) in [5.41, 5.74) is 12.4. The zero-order valence-electron chi connectivity index (χ0n) is 10.1. The van der Waals surface area contributed by atoms with Gasteiger partial charge in [-0.1, -0.05) is 0 Å². The molecule has 7 heteroatoms. The number of nitrogens with two attached hydrogens (primary N) is 2. The highest BCUT2D eigenvalue weighted by atomic mass is 16.4. The van der Waals surface area contributed by atoms with E-state index < -0.39 is 5.97 Å². The first-order valence-corrected chi connectivity index (χ1v) is 5.34. The van der Waals surface area contributed by atoms with Crippen molar-refractivity contribution in [2.24, 2.45) is 5.73 Å². The summed E-state index contributed by atoms with van der Waals surface area (Å²) in [6.45, 7) is 4.54. The van der Waals surface area contributed by atoms with Crippen LogP contribution >= 0.6 is 0 Å². The number of nitrogens with zero attached hydrogens (tertiary/aromatic N) is 2. The van der Waals surface area contributed by atoms with Gasteiger partial charge in [-0.25, -0.2) is 0 Å². The molecule has 1 heterocycles. The molecule has 1 rings (SSSR count). The molecule has 7 nitrogen and oxygen atoms in total. The predicted octanol–water partition coefficient (Wildman–Crippen LogP) is -0.667. The van der Waals surface area contributed by atoms with Crippen LogP contribution in [0, 0.1) is 0 Å². The van der Waals surface area contributed by atoms with Crippen LogP contribution in [0.2, 0.25) is 0 Å². The third-order valence-corrected chi connectivity index (χ3v) is 2.54. The summed E-state index contributed by atoms with van der Waals surface area (Å²) in [5.74, 6) is -0.910. The first-order chi connectivity index (χ1) is 7.88. The summed E-state index contributed by atoms with van der Waals surface area (Å²) in [7, 11) is 0. The lowest BCUT2D eigenvalue weighted by Crippen LogP contribution is -2.38. The second-order valence-corrected chi connectivity index (χ2v) is 4.47. The van der Waals surface area contributed by atoms with Gasteiger partial charge in [-0.2, -0.15) is 5.10 Å². The number of aliphatic carboxylic acids is 1. The van der Waals surface area contributed by atoms with E-state index in [9.17, 15) is 4.79 Å². The van der Waals surface area contributed by atoms with Crippen LogP contribution in [0.1, 0.15) is 19.5 Å². The van der Waals surface area contributed by atoms with Gasteiger partial charge in [-0.05, 0) is 13.8 Å². The average molecular weight is 241 g/mol. The monoisotopic (exact) mass is 241 g/mol. The Labute approximate surface area is 99.8 Å². The molecule has 17 heavy (non-hydrogen) atoms. The van der Waals surface area contributed by atoms with E-state index in [1.807, 2.05) is 13.8 Å². The second-order valence-electron chi connectivity index (χ2n) is 4.47. The van der Waals surface area contributed by atoms with Crippen LogP contribution in [0.4, 0.5) is 5.69 Å². The third-order valence-electron chi connectivity index (χ3n) is 2.54. The van der Waals surface area contributed by atoms with Crippen LogP contribution in [-0.4, -0.2) is 33.9 Å². The van der Waals surface area contributed by atoms with Gasteiger partial charge in [0.2, 0.25) is 0 Å². The Bertz CT molecular complexity index is 399. The molecular formula is C10H19N5O2. The summed E-state index contributed by atoms with van der Waals surface area (Å²) in [6, 6.07) is 0. The van der Waals surface area contributed by atoms with Gasteiger partial charge in [0.05, 0.1) is 29.7 Å². The molecule has 0 saturated heterocycles. The fourth-order valence-corrected chi connectivity index (χ4v) is 1.46. The van der Waals surface area contributed by atoms with Crippen LogP contribution in [0.5, 0.6) is 0 Å². The van der Waals surface area contributed by atoms with Crippen molar-refractivity contribution in [3.8, 4) is 0 Å². The highest BCUT2D eigenvalue weighted by molar-refractivity contribution is 5.69. The molecule has 0 aliphatic carbocycles. The molecule has 0 aliphatic rings. The number of nitrogens with one attached hydrogen (secondary N) is 1. The summed E-state index contributed by atoms with van der Waals surface area (Å²) >= 11 is 0. The van der Waals surface area contributed by atoms with Crippen LogP contribution in [-0.2, 0) is 16.9 Å². The maximum absolute atomic E-state index is 10.4. The minimum Gasteiger partial charge on any atom is -0.480 e. The SMILES string of the molecule is CC(C)(CN)n1ncc(N)c1CNCC(=O)O. The quantitative estimate of drug-likeness (QED) is 0.524. The minimum absolute atomic E-state index is 0.117. The van der Waals surface area contributed by atoms with Gasteiger partial charge >= 0.3 is 5.97 Å². The van der Waals surface area contributed by atoms with Gasteiger partial charge in [0, 0.05) is 13.1 Å². The fourth-order valence-electron chi connectivity index (χ4n) is 1.46. The molecule has 0 amide bonds. The highest BCUT2D eigenvalue weighted by Crippen LogP contribution is 2.19. The van der Waals surface area contributed by atoms with E-state index in [2.05, 4.69) is 10.4 Å². The first kappa shape index (κ1) is 13.5. The van der Waals surface area contributed by atoms with Gasteiger partial charge in [-0.3, -0.25) is 9.48 Å². The van der Waals surface area contributed by atoms with E-state index in [4.69, 9.17) is 16.6 Å². The largest absolute Gasteiger partial charge is 0.480 e. The zero-order chi connectivity index (χ0) is 13.1. The fraction of sp³-hybridized carbons (Fsp3) is 0.600. The van der Waals surface area contributed by atoms with Crippen LogP contribution in [0.25, 0.3) is 0 Å². The van der Waals surface area contributed by atoms with Gasteiger partial charge in [0.15, 0.2) is 0 Å². The van der Waals surface area contributed by atoms with E-state index in [1.165, 1.54) is 0 Å². The minimum atomic E-state index is -0.910. The summed E-state index contributed by atoms with van der Waals surface area (Å²) in [6.07, 6.45) is 1.55. The Morgan fingerprint density at radius 1 is 1.65 bits per heavy atom. The number of carboxylic acid groups (broad SMARTS) is 1. The number of aromatic nitrogens is 2. The lowest BCUT2D eigenvalue weighted by atomic mass is 10.1. The average Bonchev–Trinajstić information content (AvgIpc) is 2.61. The molecule has 96 valence electrons. The Kier molecular flexibility index (Phi) is 4.08. The molecule has 0 aliphatic heterocycles. The number of anilines is 1. The zero-order valence-corrected chi connectivity index (χ0v) is 10.1. The number of carboxylic acids is 1. The smallest absolute Gasteiger partial charge is 0.317 e. The lowest BCUT2D eigenvalue weighted by Gasteiger charge is -2.26. The first-order valence-electron chi connectivity index (χ1n) is 5.34. The molecule has 0 atom stereocenters. The topological polar surface area (TPSA) is 119 Å². The van der Waals surface area contributed by atoms with Gasteiger partial charge in [-0.15, -0.1) is 0 Å². The van der Waals surface area contributed by atoms with E-state index in [-0.39, 0.29) is 12.1 Å². The van der Waals surface area contributed by atoms with E-state index >= 15 is 0 Å². The molecule has 0 spiro atoms. The Morgan fingerprint density at radius 3 is 2.82 bits per heavy atom. The van der Waals surface area contributed by atoms with Crippen LogP contribution < -0.4 is 16.8 Å². The predicted molar refractivity (Wildman–Crippen MR) is 64.4 cm³/mol. The number of hydrogen-bond acceptors (Lipinski definition) is 5. The van der Waals surface area contributed by atoms with Crippen LogP contribution in [0.3, 0.4) is 0 Å². The molecule has 1 aromatic rings. The van der Waals surface area contributed by atoms with E-state index in [1.54, 1.807) is 10.9 Å².